The van der Waals surface area contributed by atoms with Crippen molar-refractivity contribution < 1.29 is 9.90 Å². The number of hydrogen-bond donors (Lipinski definition) is 1. The summed E-state index contributed by atoms with van der Waals surface area (Å²) in [4.78, 5) is 13.7. The average Bonchev–Trinajstić information content (AvgIpc) is 2.76. The zero-order chi connectivity index (χ0) is 19.3. The van der Waals surface area contributed by atoms with Gasteiger partial charge in [0.2, 0.25) is 0 Å². The number of hydrogen-bond acceptors (Lipinski definition) is 2. The van der Waals surface area contributed by atoms with Crippen LogP contribution in [0.3, 0.4) is 0 Å². The van der Waals surface area contributed by atoms with E-state index in [1.165, 1.54) is 22.3 Å². The Morgan fingerprint density at radius 1 is 0.750 bits per heavy atom. The molecule has 1 aliphatic heterocycles. The van der Waals surface area contributed by atoms with Crippen molar-refractivity contribution in [2.45, 2.75) is 18.9 Å². The SMILES string of the molecule is O=C(O)C1CCN(C(c2ccccc2)c2ccc(-c3ccccc3)cc2)CC1. The summed E-state index contributed by atoms with van der Waals surface area (Å²) in [6.07, 6.45) is 1.42. The van der Waals surface area contributed by atoms with Crippen LogP contribution in [0.5, 0.6) is 0 Å². The van der Waals surface area contributed by atoms with Gasteiger partial charge in [-0.25, -0.2) is 0 Å². The normalized spacial score (nSPS) is 16.6. The number of carboxylic acids is 1. The molecule has 0 radical (unpaired) electrons. The fourth-order valence-electron chi connectivity index (χ4n) is 4.14. The lowest BCUT2D eigenvalue weighted by Crippen LogP contribution is -2.39. The molecule has 0 bridgehead atoms. The Hall–Kier alpha value is -2.91. The predicted octanol–water partition coefficient (Wildman–Crippen LogP) is 5.24. The molecule has 142 valence electrons. The van der Waals surface area contributed by atoms with Gasteiger partial charge < -0.3 is 5.11 Å². The Balaban J connectivity index is 1.62. The van der Waals surface area contributed by atoms with Gasteiger partial charge in [0.25, 0.3) is 0 Å². The summed E-state index contributed by atoms with van der Waals surface area (Å²) < 4.78 is 0. The first-order valence-corrected chi connectivity index (χ1v) is 9.89. The van der Waals surface area contributed by atoms with E-state index in [-0.39, 0.29) is 12.0 Å². The van der Waals surface area contributed by atoms with Gasteiger partial charge >= 0.3 is 5.97 Å². The number of carboxylic acid groups (broad SMARTS) is 1. The fraction of sp³-hybridized carbons (Fsp3) is 0.240. The number of benzene rings is 3. The molecule has 0 aliphatic carbocycles. The minimum Gasteiger partial charge on any atom is -0.481 e. The molecule has 28 heavy (non-hydrogen) atoms. The van der Waals surface area contributed by atoms with Gasteiger partial charge in [0, 0.05) is 0 Å². The van der Waals surface area contributed by atoms with Crippen LogP contribution < -0.4 is 0 Å². The molecular formula is C25H25NO2. The number of piperidine rings is 1. The van der Waals surface area contributed by atoms with Crippen molar-refractivity contribution in [2.24, 2.45) is 5.92 Å². The Morgan fingerprint density at radius 3 is 1.82 bits per heavy atom. The van der Waals surface area contributed by atoms with Gasteiger partial charge in [-0.3, -0.25) is 9.69 Å². The number of aliphatic carboxylic acids is 1. The molecule has 3 heteroatoms. The van der Waals surface area contributed by atoms with E-state index in [0.717, 1.165) is 13.1 Å². The highest BCUT2D eigenvalue weighted by Crippen LogP contribution is 2.33. The van der Waals surface area contributed by atoms with E-state index in [1.807, 2.05) is 12.1 Å². The van der Waals surface area contributed by atoms with Crippen LogP contribution in [0.4, 0.5) is 0 Å². The first-order chi connectivity index (χ1) is 13.7. The largest absolute Gasteiger partial charge is 0.481 e. The van der Waals surface area contributed by atoms with Crippen LogP contribution >= 0.6 is 0 Å². The van der Waals surface area contributed by atoms with Crippen LogP contribution in [0.2, 0.25) is 0 Å². The second-order valence-corrected chi connectivity index (χ2v) is 7.45. The van der Waals surface area contributed by atoms with Crippen molar-refractivity contribution >= 4 is 5.97 Å². The van der Waals surface area contributed by atoms with Crippen molar-refractivity contribution in [1.82, 2.24) is 4.90 Å². The number of nitrogens with zero attached hydrogens (tertiary/aromatic N) is 1. The predicted molar refractivity (Wildman–Crippen MR) is 112 cm³/mol. The molecule has 3 aromatic carbocycles. The van der Waals surface area contributed by atoms with Gasteiger partial charge in [-0.05, 0) is 48.2 Å². The molecule has 1 fully saturated rings. The summed E-state index contributed by atoms with van der Waals surface area (Å²) >= 11 is 0. The summed E-state index contributed by atoms with van der Waals surface area (Å²) in [5.74, 6) is -0.878. The van der Waals surface area contributed by atoms with Crippen molar-refractivity contribution in [3.05, 3.63) is 96.1 Å². The Morgan fingerprint density at radius 2 is 1.25 bits per heavy atom. The molecule has 0 amide bonds. The van der Waals surface area contributed by atoms with Crippen LogP contribution in [0.25, 0.3) is 11.1 Å². The van der Waals surface area contributed by atoms with Crippen LogP contribution in [0.15, 0.2) is 84.9 Å². The van der Waals surface area contributed by atoms with E-state index in [4.69, 9.17) is 0 Å². The molecule has 0 aromatic heterocycles. The minimum atomic E-state index is -0.664. The van der Waals surface area contributed by atoms with Gasteiger partial charge in [0.15, 0.2) is 0 Å². The van der Waals surface area contributed by atoms with E-state index in [1.54, 1.807) is 0 Å². The van der Waals surface area contributed by atoms with Gasteiger partial charge in [-0.2, -0.15) is 0 Å². The number of carbonyl (C=O) groups is 1. The quantitative estimate of drug-likeness (QED) is 0.667. The number of likely N-dealkylation sites (tertiary alicyclic amines) is 1. The molecule has 1 N–H and O–H groups in total. The van der Waals surface area contributed by atoms with Crippen LogP contribution in [-0.2, 0) is 4.79 Å². The average molecular weight is 371 g/mol. The van der Waals surface area contributed by atoms with Gasteiger partial charge in [-0.1, -0.05) is 84.9 Å². The van der Waals surface area contributed by atoms with E-state index in [0.29, 0.717) is 12.8 Å². The van der Waals surface area contributed by atoms with Crippen molar-refractivity contribution in [3.63, 3.8) is 0 Å². The lowest BCUT2D eigenvalue weighted by molar-refractivity contribution is -0.143. The van der Waals surface area contributed by atoms with Gasteiger partial charge in [0.05, 0.1) is 12.0 Å². The number of rotatable bonds is 5. The topological polar surface area (TPSA) is 40.5 Å². The smallest absolute Gasteiger partial charge is 0.306 e. The summed E-state index contributed by atoms with van der Waals surface area (Å²) in [5, 5.41) is 9.32. The molecule has 1 saturated heterocycles. The highest BCUT2D eigenvalue weighted by atomic mass is 16.4. The third-order valence-corrected chi connectivity index (χ3v) is 5.69. The molecule has 0 spiro atoms. The molecule has 0 saturated carbocycles. The van der Waals surface area contributed by atoms with E-state index < -0.39 is 5.97 Å². The van der Waals surface area contributed by atoms with Crippen LogP contribution in [-0.4, -0.2) is 29.1 Å². The first kappa shape index (κ1) is 18.5. The van der Waals surface area contributed by atoms with Crippen molar-refractivity contribution in [2.75, 3.05) is 13.1 Å². The summed E-state index contributed by atoms with van der Waals surface area (Å²) in [6, 6.07) is 29.9. The van der Waals surface area contributed by atoms with E-state index in [9.17, 15) is 9.90 Å². The lowest BCUT2D eigenvalue weighted by atomic mass is 9.90. The highest BCUT2D eigenvalue weighted by molar-refractivity contribution is 5.70. The second-order valence-electron chi connectivity index (χ2n) is 7.45. The molecule has 3 aromatic rings. The Kier molecular flexibility index (Phi) is 5.54. The maximum atomic E-state index is 11.3. The first-order valence-electron chi connectivity index (χ1n) is 9.89. The lowest BCUT2D eigenvalue weighted by Gasteiger charge is -2.37. The molecule has 1 aliphatic rings. The van der Waals surface area contributed by atoms with Gasteiger partial charge in [0.1, 0.15) is 0 Å². The third-order valence-electron chi connectivity index (χ3n) is 5.69. The summed E-state index contributed by atoms with van der Waals surface area (Å²) in [7, 11) is 0. The zero-order valence-corrected chi connectivity index (χ0v) is 15.9. The maximum Gasteiger partial charge on any atom is 0.306 e. The van der Waals surface area contributed by atoms with Gasteiger partial charge in [-0.15, -0.1) is 0 Å². The molecule has 4 rings (SSSR count). The highest BCUT2D eigenvalue weighted by Gasteiger charge is 2.30. The van der Waals surface area contributed by atoms with E-state index in [2.05, 4.69) is 77.7 Å². The molecule has 3 nitrogen and oxygen atoms in total. The monoisotopic (exact) mass is 371 g/mol. The second kappa shape index (κ2) is 8.41. The zero-order valence-electron chi connectivity index (χ0n) is 15.9. The fourth-order valence-corrected chi connectivity index (χ4v) is 4.14. The maximum absolute atomic E-state index is 11.3. The summed E-state index contributed by atoms with van der Waals surface area (Å²) in [6.45, 7) is 1.61. The molecule has 1 unspecified atom stereocenters. The van der Waals surface area contributed by atoms with Crippen LogP contribution in [0.1, 0.15) is 30.0 Å². The molecule has 1 heterocycles. The minimum absolute atomic E-state index is 0.153. The summed E-state index contributed by atoms with van der Waals surface area (Å²) in [5.41, 5.74) is 4.93. The van der Waals surface area contributed by atoms with Crippen molar-refractivity contribution in [1.29, 1.82) is 0 Å². The van der Waals surface area contributed by atoms with Crippen LogP contribution in [0, 0.1) is 5.92 Å². The van der Waals surface area contributed by atoms with Crippen molar-refractivity contribution in [3.8, 4) is 11.1 Å². The molecular weight excluding hydrogens is 346 g/mol. The Labute approximate surface area is 166 Å². The third kappa shape index (κ3) is 4.00. The van der Waals surface area contributed by atoms with E-state index >= 15 is 0 Å². The Bertz CT molecular complexity index is 898. The standard InChI is InChI=1S/C25H25NO2/c27-25(28)23-15-17-26(18-16-23)24(21-9-5-2-6-10-21)22-13-11-20(12-14-22)19-7-3-1-4-8-19/h1-14,23-24H,15-18H2,(H,27,28). The molecule has 1 atom stereocenters.